The second kappa shape index (κ2) is 3.72. The van der Waals surface area contributed by atoms with E-state index in [4.69, 9.17) is 5.73 Å². The lowest BCUT2D eigenvalue weighted by Crippen LogP contribution is -2.09. The number of pyridine rings is 1. The Morgan fingerprint density at radius 3 is 2.82 bits per heavy atom. The smallest absolute Gasteiger partial charge is 0.202 e. The van der Waals surface area contributed by atoms with E-state index in [9.17, 15) is 0 Å². The Balaban J connectivity index is 2.14. The largest absolute Gasteiger partial charge is 0.369 e. The van der Waals surface area contributed by atoms with E-state index < -0.39 is 0 Å². The average Bonchev–Trinajstić information content (AvgIpc) is 2.81. The zero-order chi connectivity index (χ0) is 12.0. The standard InChI is InChI=1S/C13H18N4/c1-8-3-5-10(7-8)17-12-11(16-13(17)14)6-4-9(2)15-12/h4,6,8,10H,3,5,7H2,1-2H3,(H2,14,16). The van der Waals surface area contributed by atoms with E-state index in [0.29, 0.717) is 12.0 Å². The van der Waals surface area contributed by atoms with Crippen LogP contribution >= 0.6 is 0 Å². The van der Waals surface area contributed by atoms with Crippen molar-refractivity contribution in [3.8, 4) is 0 Å². The molecule has 2 N–H and O–H groups in total. The van der Waals surface area contributed by atoms with Crippen LogP contribution in [0.1, 0.15) is 37.9 Å². The summed E-state index contributed by atoms with van der Waals surface area (Å²) in [5.74, 6) is 1.39. The molecule has 1 aliphatic carbocycles. The Hall–Kier alpha value is -1.58. The van der Waals surface area contributed by atoms with Crippen LogP contribution in [0.4, 0.5) is 5.95 Å². The van der Waals surface area contributed by atoms with Gasteiger partial charge >= 0.3 is 0 Å². The van der Waals surface area contributed by atoms with Gasteiger partial charge in [0.05, 0.1) is 0 Å². The highest BCUT2D eigenvalue weighted by Crippen LogP contribution is 2.37. The predicted octanol–water partition coefficient (Wildman–Crippen LogP) is 2.68. The number of hydrogen-bond acceptors (Lipinski definition) is 3. The molecule has 0 spiro atoms. The van der Waals surface area contributed by atoms with E-state index in [1.807, 2.05) is 19.1 Å². The third-order valence-electron chi connectivity index (χ3n) is 3.74. The fourth-order valence-corrected chi connectivity index (χ4v) is 2.86. The van der Waals surface area contributed by atoms with Gasteiger partial charge < -0.3 is 5.73 Å². The Morgan fingerprint density at radius 1 is 1.29 bits per heavy atom. The molecule has 4 nitrogen and oxygen atoms in total. The molecule has 3 rings (SSSR count). The zero-order valence-corrected chi connectivity index (χ0v) is 10.3. The van der Waals surface area contributed by atoms with E-state index in [1.54, 1.807) is 0 Å². The number of nitrogens with two attached hydrogens (primary N) is 1. The minimum absolute atomic E-state index is 0.476. The number of anilines is 1. The normalized spacial score (nSPS) is 24.6. The van der Waals surface area contributed by atoms with Gasteiger partial charge in [-0.3, -0.25) is 4.57 Å². The van der Waals surface area contributed by atoms with Gasteiger partial charge in [-0.1, -0.05) is 6.92 Å². The van der Waals surface area contributed by atoms with Gasteiger partial charge in [-0.2, -0.15) is 0 Å². The third-order valence-corrected chi connectivity index (χ3v) is 3.74. The number of hydrogen-bond donors (Lipinski definition) is 1. The second-order valence-corrected chi connectivity index (χ2v) is 5.21. The summed E-state index contributed by atoms with van der Waals surface area (Å²) in [4.78, 5) is 8.99. The van der Waals surface area contributed by atoms with Crippen LogP contribution in [0.3, 0.4) is 0 Å². The molecule has 0 aliphatic heterocycles. The van der Waals surface area contributed by atoms with Gasteiger partial charge in [-0.05, 0) is 44.2 Å². The molecule has 2 unspecified atom stereocenters. The summed E-state index contributed by atoms with van der Waals surface area (Å²) in [6.45, 7) is 4.30. The number of nitrogen functional groups attached to an aromatic ring is 1. The highest BCUT2D eigenvalue weighted by Gasteiger charge is 2.26. The lowest BCUT2D eigenvalue weighted by molar-refractivity contribution is 0.507. The van der Waals surface area contributed by atoms with Gasteiger partial charge in [0.1, 0.15) is 5.52 Å². The van der Waals surface area contributed by atoms with E-state index in [1.165, 1.54) is 19.3 Å². The molecule has 2 atom stereocenters. The fraction of sp³-hybridized carbons (Fsp3) is 0.538. The molecule has 0 saturated heterocycles. The van der Waals surface area contributed by atoms with E-state index in [-0.39, 0.29) is 0 Å². The molecule has 2 aromatic rings. The monoisotopic (exact) mass is 230 g/mol. The van der Waals surface area contributed by atoms with Gasteiger partial charge in [-0.25, -0.2) is 9.97 Å². The van der Waals surface area contributed by atoms with Crippen molar-refractivity contribution in [3.63, 3.8) is 0 Å². The van der Waals surface area contributed by atoms with Gasteiger partial charge in [-0.15, -0.1) is 0 Å². The highest BCUT2D eigenvalue weighted by atomic mass is 15.2. The maximum Gasteiger partial charge on any atom is 0.202 e. The molecule has 0 radical (unpaired) electrons. The van der Waals surface area contributed by atoms with Crippen molar-refractivity contribution in [1.82, 2.24) is 14.5 Å². The fourth-order valence-electron chi connectivity index (χ4n) is 2.86. The van der Waals surface area contributed by atoms with Crippen molar-refractivity contribution in [2.24, 2.45) is 5.92 Å². The number of aromatic nitrogens is 3. The SMILES string of the molecule is Cc1ccc2nc(N)n(C3CCC(C)C3)c2n1. The molecule has 0 amide bonds. The van der Waals surface area contributed by atoms with Gasteiger partial charge in [0.25, 0.3) is 0 Å². The number of aryl methyl sites for hydroxylation is 1. The summed E-state index contributed by atoms with van der Waals surface area (Å²) in [5, 5.41) is 0. The van der Waals surface area contributed by atoms with Gasteiger partial charge in [0, 0.05) is 11.7 Å². The van der Waals surface area contributed by atoms with Crippen molar-refractivity contribution in [3.05, 3.63) is 17.8 Å². The topological polar surface area (TPSA) is 56.7 Å². The summed E-state index contributed by atoms with van der Waals surface area (Å²) in [6, 6.07) is 4.46. The first-order valence-electron chi connectivity index (χ1n) is 6.26. The zero-order valence-electron chi connectivity index (χ0n) is 10.3. The van der Waals surface area contributed by atoms with Gasteiger partial charge in [0.2, 0.25) is 5.95 Å². The first-order valence-corrected chi connectivity index (χ1v) is 6.26. The number of imidazole rings is 1. The van der Waals surface area contributed by atoms with E-state index in [2.05, 4.69) is 21.5 Å². The first-order chi connectivity index (χ1) is 8.15. The molecule has 0 bridgehead atoms. The van der Waals surface area contributed by atoms with Crippen molar-refractivity contribution < 1.29 is 0 Å². The lowest BCUT2D eigenvalue weighted by Gasteiger charge is -2.14. The Morgan fingerprint density at radius 2 is 2.12 bits per heavy atom. The minimum Gasteiger partial charge on any atom is -0.369 e. The number of fused-ring (bicyclic) bond motifs is 1. The van der Waals surface area contributed by atoms with E-state index in [0.717, 1.165) is 22.8 Å². The molecule has 1 saturated carbocycles. The summed E-state index contributed by atoms with van der Waals surface area (Å²) < 4.78 is 2.13. The van der Waals surface area contributed by atoms with Crippen LogP contribution in [0.5, 0.6) is 0 Å². The molecule has 17 heavy (non-hydrogen) atoms. The van der Waals surface area contributed by atoms with Crippen LogP contribution in [-0.4, -0.2) is 14.5 Å². The minimum atomic E-state index is 0.476. The van der Waals surface area contributed by atoms with Crippen LogP contribution in [0.25, 0.3) is 11.2 Å². The molecule has 2 aromatic heterocycles. The lowest BCUT2D eigenvalue weighted by atomic mass is 10.1. The summed E-state index contributed by atoms with van der Waals surface area (Å²) in [6.07, 6.45) is 3.65. The van der Waals surface area contributed by atoms with Crippen molar-refractivity contribution in [1.29, 1.82) is 0 Å². The second-order valence-electron chi connectivity index (χ2n) is 5.21. The predicted molar refractivity (Wildman–Crippen MR) is 68.7 cm³/mol. The first kappa shape index (κ1) is 10.6. The Bertz CT molecular complexity index is 558. The summed E-state index contributed by atoms with van der Waals surface area (Å²) in [5.41, 5.74) is 8.91. The molecule has 90 valence electrons. The summed E-state index contributed by atoms with van der Waals surface area (Å²) >= 11 is 0. The van der Waals surface area contributed by atoms with Crippen molar-refractivity contribution >= 4 is 17.1 Å². The molecule has 4 heteroatoms. The molecular weight excluding hydrogens is 212 g/mol. The number of rotatable bonds is 1. The van der Waals surface area contributed by atoms with Crippen LogP contribution in [0.15, 0.2) is 12.1 Å². The average molecular weight is 230 g/mol. The van der Waals surface area contributed by atoms with E-state index >= 15 is 0 Å². The quantitative estimate of drug-likeness (QED) is 0.819. The third kappa shape index (κ3) is 1.68. The molecule has 2 heterocycles. The summed E-state index contributed by atoms with van der Waals surface area (Å²) in [7, 11) is 0. The maximum absolute atomic E-state index is 6.04. The maximum atomic E-state index is 6.04. The number of nitrogens with zero attached hydrogens (tertiary/aromatic N) is 3. The molecule has 1 fully saturated rings. The highest BCUT2D eigenvalue weighted by molar-refractivity contribution is 5.74. The van der Waals surface area contributed by atoms with Crippen LogP contribution in [-0.2, 0) is 0 Å². The van der Waals surface area contributed by atoms with Crippen LogP contribution in [0, 0.1) is 12.8 Å². The Labute approximate surface area is 101 Å². The van der Waals surface area contributed by atoms with Crippen LogP contribution < -0.4 is 5.73 Å². The van der Waals surface area contributed by atoms with Crippen molar-refractivity contribution in [2.75, 3.05) is 5.73 Å². The van der Waals surface area contributed by atoms with Crippen LogP contribution in [0.2, 0.25) is 0 Å². The van der Waals surface area contributed by atoms with Crippen molar-refractivity contribution in [2.45, 2.75) is 39.2 Å². The molecular formula is C13H18N4. The van der Waals surface area contributed by atoms with Gasteiger partial charge in [0.15, 0.2) is 5.65 Å². The molecule has 1 aliphatic rings. The molecule has 0 aromatic carbocycles. The Kier molecular flexibility index (Phi) is 2.31.